The van der Waals surface area contributed by atoms with Crippen LogP contribution in [-0.4, -0.2) is 21.2 Å². The van der Waals surface area contributed by atoms with E-state index in [0.717, 1.165) is 6.21 Å². The summed E-state index contributed by atoms with van der Waals surface area (Å²) in [6.45, 7) is 0. The van der Waals surface area contributed by atoms with Crippen LogP contribution < -0.4 is 0 Å². The number of rotatable bonds is 2. The van der Waals surface area contributed by atoms with Gasteiger partial charge in [-0.15, -0.1) is 0 Å². The molecule has 6 nitrogen and oxygen atoms in total. The largest absolute Gasteiger partial charge is 0.494 e. The zero-order chi connectivity index (χ0) is 11.0. The molecular formula is C9H7N3O3. The highest BCUT2D eigenvalue weighted by atomic mass is 16.6. The topological polar surface area (TPSA) is 103 Å². The van der Waals surface area contributed by atoms with Crippen LogP contribution in [0.3, 0.4) is 0 Å². The van der Waals surface area contributed by atoms with Crippen molar-refractivity contribution < 1.29 is 10.0 Å². The van der Waals surface area contributed by atoms with Gasteiger partial charge in [-0.3, -0.25) is 10.1 Å². The van der Waals surface area contributed by atoms with Gasteiger partial charge in [-0.05, 0) is 6.07 Å². The Balaban J connectivity index is 2.78. The number of aromatic amines is 1. The molecule has 0 bridgehead atoms. The predicted molar refractivity (Wildman–Crippen MR) is 54.5 cm³/mol. The maximum atomic E-state index is 10.5. The molecule has 2 aromatic rings. The molecule has 1 aromatic carbocycles. The van der Waals surface area contributed by atoms with Gasteiger partial charge in [-0.25, -0.2) is 0 Å². The molecule has 15 heavy (non-hydrogen) atoms. The third-order valence-electron chi connectivity index (χ3n) is 2.16. The van der Waals surface area contributed by atoms with Crippen LogP contribution in [0.4, 0.5) is 5.69 Å². The van der Waals surface area contributed by atoms with Crippen LogP contribution in [0, 0.1) is 15.5 Å². The van der Waals surface area contributed by atoms with Crippen LogP contribution in [0.1, 0.15) is 5.56 Å². The van der Waals surface area contributed by atoms with Crippen molar-refractivity contribution in [2.45, 2.75) is 0 Å². The number of aromatic hydroxyl groups is 1. The summed E-state index contributed by atoms with van der Waals surface area (Å²) in [6, 6.07) is 4.16. The van der Waals surface area contributed by atoms with Crippen LogP contribution >= 0.6 is 0 Å². The van der Waals surface area contributed by atoms with E-state index in [2.05, 4.69) is 4.98 Å². The Labute approximate surface area is 83.8 Å². The normalized spacial score (nSPS) is 10.4. The molecule has 1 heterocycles. The van der Waals surface area contributed by atoms with Gasteiger partial charge in [-0.1, -0.05) is 0 Å². The lowest BCUT2D eigenvalue weighted by molar-refractivity contribution is -0.384. The van der Waals surface area contributed by atoms with E-state index in [1.807, 2.05) is 0 Å². The number of hydrogen-bond donors (Lipinski definition) is 3. The van der Waals surface area contributed by atoms with Crippen LogP contribution in [-0.2, 0) is 0 Å². The number of nitrogens with zero attached hydrogens (tertiary/aromatic N) is 1. The maximum absolute atomic E-state index is 10.5. The first kappa shape index (κ1) is 9.20. The maximum Gasteiger partial charge on any atom is 0.270 e. The molecule has 0 radical (unpaired) electrons. The summed E-state index contributed by atoms with van der Waals surface area (Å²) >= 11 is 0. The molecule has 0 amide bonds. The van der Waals surface area contributed by atoms with Gasteiger partial charge >= 0.3 is 0 Å². The molecule has 76 valence electrons. The van der Waals surface area contributed by atoms with E-state index < -0.39 is 4.92 Å². The fraction of sp³-hybridized carbons (Fsp3) is 0. The molecule has 0 saturated carbocycles. The fourth-order valence-corrected chi connectivity index (χ4v) is 1.45. The summed E-state index contributed by atoms with van der Waals surface area (Å²) in [7, 11) is 0. The Morgan fingerprint density at radius 2 is 2.27 bits per heavy atom. The molecule has 0 unspecified atom stereocenters. The first-order valence-electron chi connectivity index (χ1n) is 4.13. The van der Waals surface area contributed by atoms with E-state index in [0.29, 0.717) is 10.9 Å². The van der Waals surface area contributed by atoms with Crippen molar-refractivity contribution in [3.8, 4) is 5.88 Å². The van der Waals surface area contributed by atoms with Gasteiger partial charge in [0.05, 0.1) is 10.5 Å². The third kappa shape index (κ3) is 1.32. The minimum Gasteiger partial charge on any atom is -0.494 e. The summed E-state index contributed by atoms with van der Waals surface area (Å²) in [6.07, 6.45) is 0.956. The summed E-state index contributed by atoms with van der Waals surface area (Å²) < 4.78 is 0. The molecule has 1 aromatic heterocycles. The first-order chi connectivity index (χ1) is 7.13. The number of nitro groups is 1. The number of nitro benzene ring substituents is 1. The van der Waals surface area contributed by atoms with Gasteiger partial charge < -0.3 is 15.5 Å². The van der Waals surface area contributed by atoms with Crippen molar-refractivity contribution in [2.75, 3.05) is 0 Å². The lowest BCUT2D eigenvalue weighted by atomic mass is 10.1. The molecule has 6 heteroatoms. The Morgan fingerprint density at radius 1 is 1.53 bits per heavy atom. The molecule has 0 saturated heterocycles. The molecule has 0 aliphatic rings. The van der Waals surface area contributed by atoms with Crippen LogP contribution in [0.25, 0.3) is 10.9 Å². The first-order valence-corrected chi connectivity index (χ1v) is 4.13. The van der Waals surface area contributed by atoms with E-state index in [9.17, 15) is 15.2 Å². The Morgan fingerprint density at radius 3 is 2.87 bits per heavy atom. The van der Waals surface area contributed by atoms with Gasteiger partial charge in [0.25, 0.3) is 5.69 Å². The highest BCUT2D eigenvalue weighted by Gasteiger charge is 2.12. The SMILES string of the molecule is N=Cc1c(O)[nH]c2ccc([N+](=O)[O-])cc12. The van der Waals surface area contributed by atoms with E-state index in [1.165, 1.54) is 18.2 Å². The number of H-pyrrole nitrogens is 1. The average Bonchev–Trinajstić information content (AvgIpc) is 2.51. The van der Waals surface area contributed by atoms with Crippen molar-refractivity contribution in [2.24, 2.45) is 0 Å². The third-order valence-corrected chi connectivity index (χ3v) is 2.16. The van der Waals surface area contributed by atoms with Crippen LogP contribution in [0.2, 0.25) is 0 Å². The minimum absolute atomic E-state index is 0.0652. The lowest BCUT2D eigenvalue weighted by Gasteiger charge is -1.92. The van der Waals surface area contributed by atoms with Gasteiger partial charge in [0.2, 0.25) is 0 Å². The number of benzene rings is 1. The lowest BCUT2D eigenvalue weighted by Crippen LogP contribution is -1.87. The number of aromatic nitrogens is 1. The standard InChI is InChI=1S/C9H7N3O3/c10-4-7-6-3-5(12(14)15)1-2-8(6)11-9(7)13/h1-4,10-11,13H. The smallest absolute Gasteiger partial charge is 0.270 e. The van der Waals surface area contributed by atoms with E-state index in [1.54, 1.807) is 0 Å². The monoisotopic (exact) mass is 205 g/mol. The molecule has 0 spiro atoms. The summed E-state index contributed by atoms with van der Waals surface area (Å²) in [5.74, 6) is -0.152. The summed E-state index contributed by atoms with van der Waals surface area (Å²) in [5.41, 5.74) is 0.759. The van der Waals surface area contributed by atoms with Crippen LogP contribution in [0.15, 0.2) is 18.2 Å². The van der Waals surface area contributed by atoms with Crippen molar-refractivity contribution in [1.29, 1.82) is 5.41 Å². The van der Waals surface area contributed by atoms with Gasteiger partial charge in [0, 0.05) is 29.3 Å². The predicted octanol–water partition coefficient (Wildman–Crippen LogP) is 1.78. The molecule has 0 fully saturated rings. The zero-order valence-electron chi connectivity index (χ0n) is 7.52. The van der Waals surface area contributed by atoms with Crippen molar-refractivity contribution in [3.63, 3.8) is 0 Å². The second-order valence-corrected chi connectivity index (χ2v) is 3.02. The number of fused-ring (bicyclic) bond motifs is 1. The van der Waals surface area contributed by atoms with E-state index in [4.69, 9.17) is 5.41 Å². The minimum atomic E-state index is -0.517. The quantitative estimate of drug-likeness (QED) is 0.395. The van der Waals surface area contributed by atoms with Crippen molar-refractivity contribution in [3.05, 3.63) is 33.9 Å². The average molecular weight is 205 g/mol. The Kier molecular flexibility index (Phi) is 1.89. The number of nitrogens with one attached hydrogen (secondary N) is 2. The van der Waals surface area contributed by atoms with Gasteiger partial charge in [0.1, 0.15) is 0 Å². The zero-order valence-corrected chi connectivity index (χ0v) is 7.52. The molecule has 3 N–H and O–H groups in total. The second-order valence-electron chi connectivity index (χ2n) is 3.02. The highest BCUT2D eigenvalue weighted by Crippen LogP contribution is 2.28. The Bertz CT molecular complexity index is 559. The van der Waals surface area contributed by atoms with Crippen LogP contribution in [0.5, 0.6) is 5.88 Å². The van der Waals surface area contributed by atoms with Crippen molar-refractivity contribution in [1.82, 2.24) is 4.98 Å². The number of non-ortho nitro benzene ring substituents is 1. The molecular weight excluding hydrogens is 198 g/mol. The second kappa shape index (κ2) is 3.09. The van der Waals surface area contributed by atoms with Crippen molar-refractivity contribution >= 4 is 22.8 Å². The molecule has 0 aliphatic heterocycles. The van der Waals surface area contributed by atoms with Gasteiger partial charge in [0.15, 0.2) is 5.88 Å². The number of hydrogen-bond acceptors (Lipinski definition) is 4. The van der Waals surface area contributed by atoms with E-state index in [-0.39, 0.29) is 17.1 Å². The fourth-order valence-electron chi connectivity index (χ4n) is 1.45. The molecule has 0 atom stereocenters. The summed E-state index contributed by atoms with van der Waals surface area (Å²) in [5, 5.41) is 27.5. The summed E-state index contributed by atoms with van der Waals surface area (Å²) in [4.78, 5) is 12.6. The molecule has 0 aliphatic carbocycles. The van der Waals surface area contributed by atoms with Gasteiger partial charge in [-0.2, -0.15) is 0 Å². The highest BCUT2D eigenvalue weighted by molar-refractivity contribution is 6.01. The Hall–Kier alpha value is -2.37. The molecule has 2 rings (SSSR count). The van der Waals surface area contributed by atoms with E-state index >= 15 is 0 Å².